The molecule has 0 saturated carbocycles. The summed E-state index contributed by atoms with van der Waals surface area (Å²) in [6.45, 7) is 0. The molecule has 0 bridgehead atoms. The van der Waals surface area contributed by atoms with Crippen molar-refractivity contribution in [2.75, 3.05) is 0 Å². The number of carboxylic acid groups (broad SMARTS) is 2. The van der Waals surface area contributed by atoms with Gasteiger partial charge in [-0.1, -0.05) is 0 Å². The maximum absolute atomic E-state index is 9.72. The van der Waals surface area contributed by atoms with E-state index in [1.165, 1.54) is 0 Å². The molecule has 6 N–H and O–H groups in total. The van der Waals surface area contributed by atoms with E-state index in [1.807, 2.05) is 0 Å². The van der Waals surface area contributed by atoms with E-state index >= 15 is 0 Å². The van der Waals surface area contributed by atoms with E-state index in [0.717, 1.165) is 0 Å². The van der Waals surface area contributed by atoms with Crippen LogP contribution in [0, 0.1) is 0 Å². The van der Waals surface area contributed by atoms with Gasteiger partial charge in [0.25, 0.3) is 0 Å². The summed E-state index contributed by atoms with van der Waals surface area (Å²) in [6.07, 6.45) is -2.54. The lowest BCUT2D eigenvalue weighted by atomic mass is 10.3. The molecule has 0 aliphatic heterocycles. The second-order valence-corrected chi connectivity index (χ2v) is 1.45. The Balaban J connectivity index is 0. The molecule has 0 heterocycles. The normalized spacial score (nSPS) is 11.3. The van der Waals surface area contributed by atoms with E-state index in [9.17, 15) is 9.59 Å². The zero-order chi connectivity index (χ0) is 7.44. The number of aliphatic carboxylic acids is 2. The average molecular weight is 151 g/mol. The molecular formula is C4H9NO5. The number of aliphatic hydroxyl groups is 1. The summed E-state index contributed by atoms with van der Waals surface area (Å²) < 4.78 is 0. The van der Waals surface area contributed by atoms with E-state index in [1.54, 1.807) is 0 Å². The molecule has 0 amide bonds. The molecule has 0 spiro atoms. The predicted molar refractivity (Wildman–Crippen MR) is 30.9 cm³/mol. The largest absolute Gasteiger partial charge is 0.481 e. The second-order valence-electron chi connectivity index (χ2n) is 1.45. The Morgan fingerprint density at radius 2 is 1.70 bits per heavy atom. The van der Waals surface area contributed by atoms with E-state index in [0.29, 0.717) is 0 Å². The zero-order valence-electron chi connectivity index (χ0n) is 5.15. The minimum absolute atomic E-state index is 0. The number of carboxylic acids is 2. The molecule has 0 fully saturated rings. The van der Waals surface area contributed by atoms with Gasteiger partial charge in [0, 0.05) is 0 Å². The molecule has 10 heavy (non-hydrogen) atoms. The molecule has 6 heteroatoms. The molecule has 0 aliphatic carbocycles. The minimum atomic E-state index is -1.79. The third kappa shape index (κ3) is 5.01. The Bertz CT molecular complexity index is 134. The third-order valence-electron chi connectivity index (χ3n) is 0.653. The van der Waals surface area contributed by atoms with Crippen LogP contribution in [0.3, 0.4) is 0 Å². The van der Waals surface area contributed by atoms with Crippen molar-refractivity contribution >= 4 is 11.9 Å². The number of carbonyl (C=O) groups is 2. The molecule has 0 aromatic carbocycles. The van der Waals surface area contributed by atoms with Gasteiger partial charge in [-0.15, -0.1) is 0 Å². The summed E-state index contributed by atoms with van der Waals surface area (Å²) in [5, 5.41) is 24.1. The van der Waals surface area contributed by atoms with Crippen molar-refractivity contribution in [1.82, 2.24) is 6.15 Å². The van der Waals surface area contributed by atoms with Crippen molar-refractivity contribution < 1.29 is 24.9 Å². The van der Waals surface area contributed by atoms with Gasteiger partial charge in [0.1, 0.15) is 0 Å². The standard InChI is InChI=1S/C4H6O5.H3N/c5-2(4(8)9)1-3(6)7;/h2,5H,1H2,(H,6,7)(H,8,9);1H3/t2-;/m1./s1. The van der Waals surface area contributed by atoms with Crippen LogP contribution in [-0.2, 0) is 9.59 Å². The van der Waals surface area contributed by atoms with Crippen molar-refractivity contribution in [1.29, 1.82) is 0 Å². The van der Waals surface area contributed by atoms with Crippen molar-refractivity contribution in [3.63, 3.8) is 0 Å². The molecule has 0 aliphatic rings. The first-order valence-electron chi connectivity index (χ1n) is 2.16. The van der Waals surface area contributed by atoms with Gasteiger partial charge in [-0.05, 0) is 0 Å². The summed E-state index contributed by atoms with van der Waals surface area (Å²) >= 11 is 0. The highest BCUT2D eigenvalue weighted by molar-refractivity contribution is 5.79. The zero-order valence-corrected chi connectivity index (χ0v) is 5.15. The van der Waals surface area contributed by atoms with Gasteiger partial charge in [0.2, 0.25) is 0 Å². The molecule has 6 nitrogen and oxygen atoms in total. The Labute approximate surface area is 56.7 Å². The summed E-state index contributed by atoms with van der Waals surface area (Å²) in [5.74, 6) is -2.85. The second kappa shape index (κ2) is 4.71. The van der Waals surface area contributed by atoms with Crippen LogP contribution in [0.5, 0.6) is 0 Å². The monoisotopic (exact) mass is 151 g/mol. The van der Waals surface area contributed by atoms with Crippen LogP contribution in [0.4, 0.5) is 0 Å². The highest BCUT2D eigenvalue weighted by Gasteiger charge is 2.16. The molecule has 1 atom stereocenters. The molecule has 0 aromatic heterocycles. The van der Waals surface area contributed by atoms with Crippen LogP contribution >= 0.6 is 0 Å². The molecule has 0 radical (unpaired) electrons. The highest BCUT2D eigenvalue weighted by Crippen LogP contribution is 1.89. The Morgan fingerprint density at radius 1 is 1.30 bits per heavy atom. The van der Waals surface area contributed by atoms with E-state index in [-0.39, 0.29) is 6.15 Å². The Morgan fingerprint density at radius 3 is 1.80 bits per heavy atom. The van der Waals surface area contributed by atoms with Gasteiger partial charge in [0.05, 0.1) is 6.42 Å². The van der Waals surface area contributed by atoms with Crippen LogP contribution in [0.25, 0.3) is 0 Å². The SMILES string of the molecule is N.O=C(O)C[C@@H](O)C(=O)O. The summed E-state index contributed by atoms with van der Waals surface area (Å²) in [5.41, 5.74) is 0. The first-order chi connectivity index (χ1) is 4.04. The summed E-state index contributed by atoms with van der Waals surface area (Å²) in [4.78, 5) is 19.4. The fraction of sp³-hybridized carbons (Fsp3) is 0.500. The van der Waals surface area contributed by atoms with Crippen molar-refractivity contribution in [2.24, 2.45) is 0 Å². The molecule has 0 rings (SSSR count). The Kier molecular flexibility index (Phi) is 5.48. The lowest BCUT2D eigenvalue weighted by Crippen LogP contribution is -2.22. The van der Waals surface area contributed by atoms with Gasteiger partial charge in [-0.2, -0.15) is 0 Å². The van der Waals surface area contributed by atoms with E-state index in [2.05, 4.69) is 0 Å². The quantitative estimate of drug-likeness (QED) is 0.412. The molecule has 0 saturated heterocycles. The van der Waals surface area contributed by atoms with Crippen molar-refractivity contribution in [3.05, 3.63) is 0 Å². The van der Waals surface area contributed by atoms with Gasteiger partial charge in [0.15, 0.2) is 6.10 Å². The fourth-order valence-corrected chi connectivity index (χ4v) is 0.253. The van der Waals surface area contributed by atoms with Gasteiger partial charge >= 0.3 is 11.9 Å². The maximum atomic E-state index is 9.72. The fourth-order valence-electron chi connectivity index (χ4n) is 0.253. The number of hydrogen-bond acceptors (Lipinski definition) is 4. The van der Waals surface area contributed by atoms with Gasteiger partial charge in [-0.25, -0.2) is 4.79 Å². The van der Waals surface area contributed by atoms with Crippen LogP contribution in [0.15, 0.2) is 0 Å². The number of hydrogen-bond donors (Lipinski definition) is 4. The Hall–Kier alpha value is -1.14. The topological polar surface area (TPSA) is 130 Å². The van der Waals surface area contributed by atoms with Crippen molar-refractivity contribution in [3.8, 4) is 0 Å². The minimum Gasteiger partial charge on any atom is -0.481 e. The summed E-state index contributed by atoms with van der Waals surface area (Å²) in [7, 11) is 0. The number of aliphatic hydroxyl groups excluding tert-OH is 1. The highest BCUT2D eigenvalue weighted by atomic mass is 16.4. The molecule has 60 valence electrons. The smallest absolute Gasteiger partial charge is 0.333 e. The lowest BCUT2D eigenvalue weighted by Gasteiger charge is -1.97. The van der Waals surface area contributed by atoms with E-state index < -0.39 is 24.5 Å². The van der Waals surface area contributed by atoms with Crippen LogP contribution < -0.4 is 6.15 Å². The van der Waals surface area contributed by atoms with E-state index in [4.69, 9.17) is 15.3 Å². The van der Waals surface area contributed by atoms with Crippen LogP contribution in [-0.4, -0.2) is 33.4 Å². The van der Waals surface area contributed by atoms with Crippen molar-refractivity contribution in [2.45, 2.75) is 12.5 Å². The first kappa shape index (κ1) is 11.6. The average Bonchev–Trinajstić information content (AvgIpc) is 1.63. The maximum Gasteiger partial charge on any atom is 0.333 e. The van der Waals surface area contributed by atoms with Gasteiger partial charge < -0.3 is 21.5 Å². The number of rotatable bonds is 3. The van der Waals surface area contributed by atoms with Gasteiger partial charge in [-0.3, -0.25) is 4.79 Å². The first-order valence-corrected chi connectivity index (χ1v) is 2.16. The summed E-state index contributed by atoms with van der Waals surface area (Å²) in [6, 6.07) is 0. The lowest BCUT2D eigenvalue weighted by molar-refractivity contribution is -0.152. The van der Waals surface area contributed by atoms with Crippen LogP contribution in [0.2, 0.25) is 0 Å². The molecule has 0 unspecified atom stereocenters. The third-order valence-corrected chi connectivity index (χ3v) is 0.653. The molecule has 0 aromatic rings. The molecular weight excluding hydrogens is 142 g/mol. The van der Waals surface area contributed by atoms with Crippen LogP contribution in [0.1, 0.15) is 6.42 Å². The predicted octanol–water partition coefficient (Wildman–Crippen LogP) is -0.931.